The molecule has 0 aliphatic carbocycles. The standard InChI is InChI=1S/C65H124O6/c1-4-7-10-13-15-17-19-21-23-25-27-28-29-30-31-32-33-34-35-36-38-39-41-43-45-47-49-52-55-58-64(67)70-61-62(60-69-63(66)57-54-51-12-9-6-3)71-65(68)59-56-53-50-48-46-44-42-40-37-26-24-22-20-18-16-14-11-8-5-2/h22,24,62H,4-21,23,25-61H2,1-3H3/b24-22-. The molecule has 0 rings (SSSR count). The molecular weight excluding hydrogens is 877 g/mol. The summed E-state index contributed by atoms with van der Waals surface area (Å²) in [5.74, 6) is -0.858. The number of hydrogen-bond acceptors (Lipinski definition) is 6. The summed E-state index contributed by atoms with van der Waals surface area (Å²) < 4.78 is 16.8. The predicted octanol–water partition coefficient (Wildman–Crippen LogP) is 21.7. The van der Waals surface area contributed by atoms with Gasteiger partial charge in [0, 0.05) is 19.3 Å². The van der Waals surface area contributed by atoms with Gasteiger partial charge in [0.2, 0.25) is 0 Å². The summed E-state index contributed by atoms with van der Waals surface area (Å²) in [5, 5.41) is 0. The number of ether oxygens (including phenoxy) is 3. The van der Waals surface area contributed by atoms with Crippen LogP contribution in [-0.4, -0.2) is 37.2 Å². The largest absolute Gasteiger partial charge is 0.462 e. The van der Waals surface area contributed by atoms with Crippen LogP contribution < -0.4 is 0 Å². The first-order chi connectivity index (χ1) is 35.0. The van der Waals surface area contributed by atoms with Crippen LogP contribution in [0, 0.1) is 0 Å². The van der Waals surface area contributed by atoms with E-state index in [9.17, 15) is 14.4 Å². The molecule has 0 spiro atoms. The zero-order chi connectivity index (χ0) is 51.4. The zero-order valence-electron chi connectivity index (χ0n) is 48.3. The van der Waals surface area contributed by atoms with Gasteiger partial charge in [-0.3, -0.25) is 14.4 Å². The summed E-state index contributed by atoms with van der Waals surface area (Å²) in [6.45, 7) is 6.62. The summed E-state index contributed by atoms with van der Waals surface area (Å²) in [6, 6.07) is 0. The fraction of sp³-hybridized carbons (Fsp3) is 0.923. The number of rotatable bonds is 60. The number of carbonyl (C=O) groups excluding carboxylic acids is 3. The van der Waals surface area contributed by atoms with Crippen LogP contribution in [0.4, 0.5) is 0 Å². The quantitative estimate of drug-likeness (QED) is 0.0261. The third-order valence-corrected chi connectivity index (χ3v) is 14.8. The van der Waals surface area contributed by atoms with Crippen molar-refractivity contribution in [3.05, 3.63) is 12.2 Å². The number of unbranched alkanes of at least 4 members (excludes halogenated alkanes) is 47. The van der Waals surface area contributed by atoms with E-state index in [1.807, 2.05) is 0 Å². The molecule has 0 aromatic carbocycles. The zero-order valence-corrected chi connectivity index (χ0v) is 48.3. The summed E-state index contributed by atoms with van der Waals surface area (Å²) >= 11 is 0. The Morgan fingerprint density at radius 1 is 0.268 bits per heavy atom. The van der Waals surface area contributed by atoms with Crippen molar-refractivity contribution in [2.45, 2.75) is 374 Å². The molecule has 0 N–H and O–H groups in total. The first-order valence-corrected chi connectivity index (χ1v) is 32.2. The van der Waals surface area contributed by atoms with E-state index >= 15 is 0 Å². The highest BCUT2D eigenvalue weighted by Crippen LogP contribution is 2.18. The van der Waals surface area contributed by atoms with Crippen LogP contribution in [0.1, 0.15) is 367 Å². The van der Waals surface area contributed by atoms with Crippen LogP contribution >= 0.6 is 0 Å². The van der Waals surface area contributed by atoms with Gasteiger partial charge in [-0.25, -0.2) is 0 Å². The third kappa shape index (κ3) is 58.9. The number of allylic oxidation sites excluding steroid dienone is 2. The minimum absolute atomic E-state index is 0.0661. The van der Waals surface area contributed by atoms with E-state index in [-0.39, 0.29) is 31.1 Å². The maximum absolute atomic E-state index is 12.8. The Morgan fingerprint density at radius 2 is 0.465 bits per heavy atom. The van der Waals surface area contributed by atoms with E-state index in [1.54, 1.807) is 0 Å². The van der Waals surface area contributed by atoms with Crippen molar-refractivity contribution >= 4 is 17.9 Å². The van der Waals surface area contributed by atoms with Gasteiger partial charge in [0.05, 0.1) is 0 Å². The molecule has 0 heterocycles. The fourth-order valence-electron chi connectivity index (χ4n) is 9.91. The molecule has 0 saturated heterocycles. The Balaban J connectivity index is 3.93. The highest BCUT2D eigenvalue weighted by molar-refractivity contribution is 5.71. The molecule has 0 aromatic rings. The van der Waals surface area contributed by atoms with E-state index in [2.05, 4.69) is 32.9 Å². The van der Waals surface area contributed by atoms with Crippen LogP contribution in [0.2, 0.25) is 0 Å². The first-order valence-electron chi connectivity index (χ1n) is 32.2. The highest BCUT2D eigenvalue weighted by Gasteiger charge is 2.19. The molecular formula is C65H124O6. The Labute approximate surface area is 443 Å². The molecule has 1 atom stereocenters. The summed E-state index contributed by atoms with van der Waals surface area (Å²) in [5.41, 5.74) is 0. The van der Waals surface area contributed by atoms with Crippen molar-refractivity contribution < 1.29 is 28.6 Å². The normalized spacial score (nSPS) is 12.0. The lowest BCUT2D eigenvalue weighted by Gasteiger charge is -2.18. The van der Waals surface area contributed by atoms with Gasteiger partial charge in [-0.05, 0) is 44.9 Å². The maximum atomic E-state index is 12.8. The van der Waals surface area contributed by atoms with Gasteiger partial charge >= 0.3 is 17.9 Å². The Hall–Kier alpha value is -1.85. The Bertz CT molecular complexity index is 1100. The third-order valence-electron chi connectivity index (χ3n) is 14.8. The fourth-order valence-corrected chi connectivity index (χ4v) is 9.91. The van der Waals surface area contributed by atoms with Crippen LogP contribution in [0.25, 0.3) is 0 Å². The molecule has 0 saturated carbocycles. The number of hydrogen-bond donors (Lipinski definition) is 0. The topological polar surface area (TPSA) is 78.9 Å². The van der Waals surface area contributed by atoms with Crippen molar-refractivity contribution in [1.29, 1.82) is 0 Å². The number of esters is 3. The Morgan fingerprint density at radius 3 is 0.704 bits per heavy atom. The lowest BCUT2D eigenvalue weighted by molar-refractivity contribution is -0.167. The molecule has 0 aliphatic rings. The van der Waals surface area contributed by atoms with E-state index in [1.165, 1.54) is 263 Å². The van der Waals surface area contributed by atoms with E-state index < -0.39 is 6.10 Å². The van der Waals surface area contributed by atoms with Gasteiger partial charge in [-0.15, -0.1) is 0 Å². The van der Waals surface area contributed by atoms with Crippen LogP contribution in [-0.2, 0) is 28.6 Å². The second kappa shape index (κ2) is 60.7. The average molecular weight is 1000 g/mol. The number of carbonyl (C=O) groups is 3. The second-order valence-electron chi connectivity index (χ2n) is 22.0. The molecule has 0 aromatic heterocycles. The van der Waals surface area contributed by atoms with Gasteiger partial charge in [-0.1, -0.05) is 315 Å². The predicted molar refractivity (Wildman–Crippen MR) is 307 cm³/mol. The monoisotopic (exact) mass is 1000 g/mol. The minimum Gasteiger partial charge on any atom is -0.462 e. The molecule has 0 aliphatic heterocycles. The lowest BCUT2D eigenvalue weighted by atomic mass is 10.0. The van der Waals surface area contributed by atoms with Crippen molar-refractivity contribution in [3.63, 3.8) is 0 Å². The van der Waals surface area contributed by atoms with E-state index in [0.717, 1.165) is 64.2 Å². The van der Waals surface area contributed by atoms with Gasteiger partial charge < -0.3 is 14.2 Å². The molecule has 6 nitrogen and oxygen atoms in total. The van der Waals surface area contributed by atoms with Crippen molar-refractivity contribution in [3.8, 4) is 0 Å². The highest BCUT2D eigenvalue weighted by atomic mass is 16.6. The van der Waals surface area contributed by atoms with Gasteiger partial charge in [-0.2, -0.15) is 0 Å². The lowest BCUT2D eigenvalue weighted by Crippen LogP contribution is -2.30. The SMILES string of the molecule is CCCCCCCC/C=C\CCCCCCCCCCCC(=O)OC(COC(=O)CCCCCCC)COC(=O)CCCCCCCCCCCCCCCCCCCCCCCCCCCCCCC. The van der Waals surface area contributed by atoms with Crippen LogP contribution in [0.3, 0.4) is 0 Å². The molecule has 6 heteroatoms. The molecule has 1 unspecified atom stereocenters. The second-order valence-corrected chi connectivity index (χ2v) is 22.0. The first kappa shape index (κ1) is 69.2. The van der Waals surface area contributed by atoms with Gasteiger partial charge in [0.25, 0.3) is 0 Å². The molecule has 0 bridgehead atoms. The smallest absolute Gasteiger partial charge is 0.306 e. The van der Waals surface area contributed by atoms with Crippen LogP contribution in [0.15, 0.2) is 12.2 Å². The Kier molecular flexibility index (Phi) is 59.1. The van der Waals surface area contributed by atoms with Crippen molar-refractivity contribution in [2.24, 2.45) is 0 Å². The molecule has 0 fully saturated rings. The average Bonchev–Trinajstić information content (AvgIpc) is 3.37. The summed E-state index contributed by atoms with van der Waals surface area (Å²) in [4.78, 5) is 37.9. The summed E-state index contributed by atoms with van der Waals surface area (Å²) in [6.07, 6.45) is 71.4. The minimum atomic E-state index is -0.764. The van der Waals surface area contributed by atoms with E-state index in [4.69, 9.17) is 14.2 Å². The van der Waals surface area contributed by atoms with Crippen molar-refractivity contribution in [1.82, 2.24) is 0 Å². The van der Waals surface area contributed by atoms with Gasteiger partial charge in [0.1, 0.15) is 13.2 Å². The van der Waals surface area contributed by atoms with Crippen LogP contribution in [0.5, 0.6) is 0 Å². The van der Waals surface area contributed by atoms with Crippen molar-refractivity contribution in [2.75, 3.05) is 13.2 Å². The molecule has 71 heavy (non-hydrogen) atoms. The maximum Gasteiger partial charge on any atom is 0.306 e. The summed E-state index contributed by atoms with van der Waals surface area (Å²) in [7, 11) is 0. The molecule has 0 radical (unpaired) electrons. The van der Waals surface area contributed by atoms with E-state index in [0.29, 0.717) is 19.3 Å². The van der Waals surface area contributed by atoms with Gasteiger partial charge in [0.15, 0.2) is 6.10 Å². The molecule has 0 amide bonds. The molecule has 420 valence electrons.